The highest BCUT2D eigenvalue weighted by molar-refractivity contribution is 8.03. The van der Waals surface area contributed by atoms with E-state index >= 15 is 0 Å². The minimum absolute atomic E-state index is 0.0648. The second-order valence-corrected chi connectivity index (χ2v) is 2.67. The molecule has 0 saturated carbocycles. The molecule has 0 aliphatic carbocycles. The van der Waals surface area contributed by atoms with Crippen LogP contribution in [0.2, 0.25) is 0 Å². The molecule has 2 aliphatic rings. The average molecular weight is 140 g/mol. The first-order valence-corrected chi connectivity index (χ1v) is 3.59. The number of aliphatic hydroxyl groups is 1. The quantitative estimate of drug-likeness (QED) is 0.544. The van der Waals surface area contributed by atoms with E-state index < -0.39 is 0 Å². The molecule has 3 nitrogen and oxygen atoms in total. The summed E-state index contributed by atoms with van der Waals surface area (Å²) in [5.74, 6) is 0.915. The molecule has 0 bridgehead atoms. The standard InChI is InChI=1S/C5H4N2OS/c8-5-3-1-9-2-4(3)6-7-5/h1H,2H2,(H,7,8). The summed E-state index contributed by atoms with van der Waals surface area (Å²) in [6, 6.07) is 0. The number of fused-ring (bicyclic) bond motifs is 1. The Labute approximate surface area is 56.2 Å². The summed E-state index contributed by atoms with van der Waals surface area (Å²) >= 11 is 1.64. The maximum absolute atomic E-state index is 8.95. The van der Waals surface area contributed by atoms with Crippen LogP contribution in [0.25, 0.3) is 0 Å². The number of hydrogen-bond acceptors (Lipinski definition) is 3. The summed E-state index contributed by atoms with van der Waals surface area (Å²) in [4.78, 5) is 0. The lowest BCUT2D eigenvalue weighted by Crippen LogP contribution is -2.03. The predicted molar refractivity (Wildman–Crippen MR) is 38.0 cm³/mol. The molecular formula is C5H4N2OS. The van der Waals surface area contributed by atoms with E-state index in [2.05, 4.69) is 10.2 Å². The van der Waals surface area contributed by atoms with Crippen LogP contribution in [-0.4, -0.2) is 22.5 Å². The minimum atomic E-state index is 0.0648. The van der Waals surface area contributed by atoms with Crippen molar-refractivity contribution in [3.05, 3.63) is 11.0 Å². The first-order chi connectivity index (χ1) is 4.38. The minimum Gasteiger partial charge on any atom is -0.492 e. The highest BCUT2D eigenvalue weighted by Gasteiger charge is 2.22. The van der Waals surface area contributed by atoms with Crippen LogP contribution < -0.4 is 0 Å². The second kappa shape index (κ2) is 1.60. The van der Waals surface area contributed by atoms with E-state index in [0.29, 0.717) is 0 Å². The van der Waals surface area contributed by atoms with E-state index in [4.69, 9.17) is 5.11 Å². The van der Waals surface area contributed by atoms with E-state index in [1.54, 1.807) is 11.8 Å². The Morgan fingerprint density at radius 2 is 2.44 bits per heavy atom. The summed E-state index contributed by atoms with van der Waals surface area (Å²) < 4.78 is 0. The van der Waals surface area contributed by atoms with Crippen molar-refractivity contribution in [2.24, 2.45) is 10.2 Å². The van der Waals surface area contributed by atoms with Crippen molar-refractivity contribution >= 4 is 23.4 Å². The molecule has 0 spiro atoms. The van der Waals surface area contributed by atoms with Gasteiger partial charge in [0.15, 0.2) is 0 Å². The van der Waals surface area contributed by atoms with Gasteiger partial charge in [0.2, 0.25) is 5.90 Å². The molecule has 46 valence electrons. The molecule has 9 heavy (non-hydrogen) atoms. The fourth-order valence-electron chi connectivity index (χ4n) is 0.776. The Hall–Kier alpha value is -0.770. The third-order valence-electron chi connectivity index (χ3n) is 1.24. The molecular weight excluding hydrogens is 136 g/mol. The highest BCUT2D eigenvalue weighted by Crippen LogP contribution is 2.23. The van der Waals surface area contributed by atoms with Crippen molar-refractivity contribution in [1.82, 2.24) is 0 Å². The average Bonchev–Trinajstić information content (AvgIpc) is 2.35. The van der Waals surface area contributed by atoms with Gasteiger partial charge in [-0.25, -0.2) is 0 Å². The van der Waals surface area contributed by atoms with Crippen LogP contribution in [-0.2, 0) is 0 Å². The van der Waals surface area contributed by atoms with Crippen molar-refractivity contribution in [1.29, 1.82) is 0 Å². The van der Waals surface area contributed by atoms with Gasteiger partial charge in [-0.05, 0) is 5.41 Å². The van der Waals surface area contributed by atoms with Crippen molar-refractivity contribution in [2.45, 2.75) is 0 Å². The van der Waals surface area contributed by atoms with Crippen molar-refractivity contribution < 1.29 is 5.11 Å². The molecule has 4 heteroatoms. The zero-order valence-electron chi connectivity index (χ0n) is 4.53. The van der Waals surface area contributed by atoms with E-state index in [9.17, 15) is 0 Å². The van der Waals surface area contributed by atoms with Gasteiger partial charge in [-0.15, -0.1) is 16.9 Å². The van der Waals surface area contributed by atoms with E-state index in [0.717, 1.165) is 17.0 Å². The van der Waals surface area contributed by atoms with E-state index in [1.807, 2.05) is 5.41 Å². The van der Waals surface area contributed by atoms with Crippen molar-refractivity contribution in [3.63, 3.8) is 0 Å². The summed E-state index contributed by atoms with van der Waals surface area (Å²) in [5.41, 5.74) is 1.71. The normalized spacial score (nSPS) is 22.9. The third-order valence-corrected chi connectivity index (χ3v) is 2.08. The van der Waals surface area contributed by atoms with Gasteiger partial charge in [0.1, 0.15) is 0 Å². The van der Waals surface area contributed by atoms with Gasteiger partial charge in [0.05, 0.1) is 11.3 Å². The molecule has 0 amide bonds. The van der Waals surface area contributed by atoms with Crippen LogP contribution in [0.5, 0.6) is 0 Å². The summed E-state index contributed by atoms with van der Waals surface area (Å²) in [6.45, 7) is 0. The molecule has 0 radical (unpaired) electrons. The van der Waals surface area contributed by atoms with Gasteiger partial charge < -0.3 is 5.11 Å². The van der Waals surface area contributed by atoms with Crippen molar-refractivity contribution in [3.8, 4) is 0 Å². The monoisotopic (exact) mass is 140 g/mol. The molecule has 0 fully saturated rings. The first kappa shape index (κ1) is 5.05. The van der Waals surface area contributed by atoms with Crippen LogP contribution in [0.3, 0.4) is 0 Å². The highest BCUT2D eigenvalue weighted by atomic mass is 32.2. The second-order valence-electron chi connectivity index (χ2n) is 1.81. The van der Waals surface area contributed by atoms with Gasteiger partial charge in [-0.3, -0.25) is 0 Å². The lowest BCUT2D eigenvalue weighted by molar-refractivity contribution is 0.555. The molecule has 0 aromatic rings. The summed E-state index contributed by atoms with van der Waals surface area (Å²) in [7, 11) is 0. The Kier molecular flexibility index (Phi) is 0.900. The molecule has 1 N–H and O–H groups in total. The molecule has 2 aliphatic heterocycles. The molecule has 2 heterocycles. The Morgan fingerprint density at radius 1 is 1.56 bits per heavy atom. The topological polar surface area (TPSA) is 45.0 Å². The van der Waals surface area contributed by atoms with Gasteiger partial charge in [-0.1, -0.05) is 0 Å². The lowest BCUT2D eigenvalue weighted by Gasteiger charge is -1.86. The Morgan fingerprint density at radius 3 is 3.22 bits per heavy atom. The maximum atomic E-state index is 8.95. The third kappa shape index (κ3) is 0.595. The van der Waals surface area contributed by atoms with E-state index in [-0.39, 0.29) is 5.90 Å². The summed E-state index contributed by atoms with van der Waals surface area (Å²) in [6.07, 6.45) is 0. The maximum Gasteiger partial charge on any atom is 0.240 e. The van der Waals surface area contributed by atoms with Gasteiger partial charge in [0, 0.05) is 5.75 Å². The smallest absolute Gasteiger partial charge is 0.240 e. The van der Waals surface area contributed by atoms with Crippen LogP contribution in [0.1, 0.15) is 0 Å². The Balaban J connectivity index is 2.46. The SMILES string of the molecule is OC1=NN=C2CSC=C12. The van der Waals surface area contributed by atoms with Gasteiger partial charge in [-0.2, -0.15) is 5.10 Å². The number of nitrogens with zero attached hydrogens (tertiary/aromatic N) is 2. The molecule has 2 rings (SSSR count). The predicted octanol–water partition coefficient (Wildman–Crippen LogP) is 0.943. The number of rotatable bonds is 0. The van der Waals surface area contributed by atoms with Gasteiger partial charge >= 0.3 is 0 Å². The molecule has 0 atom stereocenters. The Bertz CT molecular complexity index is 241. The zero-order valence-corrected chi connectivity index (χ0v) is 5.35. The largest absolute Gasteiger partial charge is 0.492 e. The molecule has 0 saturated heterocycles. The van der Waals surface area contributed by atoms with Gasteiger partial charge in [0.25, 0.3) is 0 Å². The van der Waals surface area contributed by atoms with Crippen LogP contribution in [0.15, 0.2) is 21.2 Å². The van der Waals surface area contributed by atoms with E-state index in [1.165, 1.54) is 0 Å². The molecule has 0 unspecified atom stereocenters. The van der Waals surface area contributed by atoms with Crippen molar-refractivity contribution in [2.75, 3.05) is 5.75 Å². The van der Waals surface area contributed by atoms with Crippen LogP contribution in [0.4, 0.5) is 0 Å². The summed E-state index contributed by atoms with van der Waals surface area (Å²) in [5, 5.41) is 18.1. The number of thioether (sulfide) groups is 1. The number of hydrogen-bond donors (Lipinski definition) is 1. The first-order valence-electron chi connectivity index (χ1n) is 2.54. The number of aliphatic hydroxyl groups excluding tert-OH is 1. The van der Waals surface area contributed by atoms with Crippen LogP contribution in [0, 0.1) is 0 Å². The molecule has 0 aromatic carbocycles. The zero-order chi connectivity index (χ0) is 6.27. The van der Waals surface area contributed by atoms with Crippen LogP contribution >= 0.6 is 11.8 Å². The lowest BCUT2D eigenvalue weighted by atomic mass is 10.2. The fraction of sp³-hybridized carbons (Fsp3) is 0.200. The fourth-order valence-corrected chi connectivity index (χ4v) is 1.64. The molecule has 0 aromatic heterocycles.